The van der Waals surface area contributed by atoms with Gasteiger partial charge < -0.3 is 11.1 Å². The zero-order chi connectivity index (χ0) is 10.8. The third kappa shape index (κ3) is 2.73. The molecule has 0 saturated heterocycles. The first kappa shape index (κ1) is 11.0. The molecular weight excluding hydrogens is 252 g/mol. The molecule has 0 aromatic heterocycles. The van der Waals surface area contributed by atoms with Crippen molar-refractivity contribution in [2.24, 2.45) is 5.92 Å². The Morgan fingerprint density at radius 1 is 1.53 bits per heavy atom. The molecule has 3 heteroatoms. The second kappa shape index (κ2) is 4.54. The Bertz CT molecular complexity index is 351. The summed E-state index contributed by atoms with van der Waals surface area (Å²) < 4.78 is 1.14. The zero-order valence-electron chi connectivity index (χ0n) is 8.96. The lowest BCUT2D eigenvalue weighted by Gasteiger charge is -2.07. The summed E-state index contributed by atoms with van der Waals surface area (Å²) in [6, 6.07) is 6.68. The van der Waals surface area contributed by atoms with Gasteiger partial charge in [-0.2, -0.15) is 0 Å². The van der Waals surface area contributed by atoms with E-state index in [4.69, 9.17) is 5.73 Å². The molecule has 0 radical (unpaired) electrons. The molecule has 2 unspecified atom stereocenters. The summed E-state index contributed by atoms with van der Waals surface area (Å²) in [4.78, 5) is 0. The summed E-state index contributed by atoms with van der Waals surface area (Å²) in [5, 5.41) is 3.56. The highest BCUT2D eigenvalue weighted by Crippen LogP contribution is 2.33. The van der Waals surface area contributed by atoms with Crippen molar-refractivity contribution in [1.82, 2.24) is 5.32 Å². The lowest BCUT2D eigenvalue weighted by Crippen LogP contribution is -2.17. The zero-order valence-corrected chi connectivity index (χ0v) is 10.5. The molecule has 1 aliphatic carbocycles. The minimum atomic E-state index is 0.725. The summed E-state index contributed by atoms with van der Waals surface area (Å²) in [7, 11) is 0. The van der Waals surface area contributed by atoms with Crippen LogP contribution in [-0.2, 0) is 6.54 Å². The van der Waals surface area contributed by atoms with Gasteiger partial charge in [0.2, 0.25) is 0 Å². The summed E-state index contributed by atoms with van der Waals surface area (Å²) in [6.07, 6.45) is 2.62. The summed E-state index contributed by atoms with van der Waals surface area (Å²) in [6.45, 7) is 3.16. The van der Waals surface area contributed by atoms with Gasteiger partial charge in [0.1, 0.15) is 0 Å². The third-order valence-electron chi connectivity index (χ3n) is 3.07. The van der Waals surface area contributed by atoms with Crippen molar-refractivity contribution in [2.45, 2.75) is 32.4 Å². The number of halogens is 1. The van der Waals surface area contributed by atoms with Gasteiger partial charge in [-0.15, -0.1) is 0 Å². The van der Waals surface area contributed by atoms with E-state index >= 15 is 0 Å². The lowest BCUT2D eigenvalue weighted by molar-refractivity contribution is 0.622. The summed E-state index contributed by atoms with van der Waals surface area (Å²) in [5.74, 6) is 0.893. The monoisotopic (exact) mass is 268 g/mol. The Morgan fingerprint density at radius 3 is 3.00 bits per heavy atom. The number of nitrogens with two attached hydrogens (primary N) is 1. The SMILES string of the molecule is CCC1CC1NCc1cc(N)ccc1Br. The van der Waals surface area contributed by atoms with E-state index in [-0.39, 0.29) is 0 Å². The molecule has 1 aromatic carbocycles. The van der Waals surface area contributed by atoms with Gasteiger partial charge in [-0.3, -0.25) is 0 Å². The molecule has 0 spiro atoms. The van der Waals surface area contributed by atoms with E-state index in [1.54, 1.807) is 0 Å². The first-order chi connectivity index (χ1) is 7.20. The minimum absolute atomic E-state index is 0.725. The first-order valence-electron chi connectivity index (χ1n) is 5.48. The number of hydrogen-bond acceptors (Lipinski definition) is 2. The van der Waals surface area contributed by atoms with Crippen molar-refractivity contribution >= 4 is 21.6 Å². The van der Waals surface area contributed by atoms with Crippen molar-refractivity contribution in [3.8, 4) is 0 Å². The fourth-order valence-electron chi connectivity index (χ4n) is 1.92. The molecule has 3 N–H and O–H groups in total. The van der Waals surface area contributed by atoms with Crippen LogP contribution in [0.3, 0.4) is 0 Å². The smallest absolute Gasteiger partial charge is 0.0318 e. The molecular formula is C12H17BrN2. The first-order valence-corrected chi connectivity index (χ1v) is 6.27. The van der Waals surface area contributed by atoms with E-state index in [2.05, 4.69) is 28.2 Å². The van der Waals surface area contributed by atoms with Gasteiger partial charge in [-0.25, -0.2) is 0 Å². The van der Waals surface area contributed by atoms with Crippen molar-refractivity contribution < 1.29 is 0 Å². The van der Waals surface area contributed by atoms with Gasteiger partial charge >= 0.3 is 0 Å². The number of hydrogen-bond donors (Lipinski definition) is 2. The molecule has 0 aliphatic heterocycles. The van der Waals surface area contributed by atoms with Crippen LogP contribution in [0.1, 0.15) is 25.3 Å². The van der Waals surface area contributed by atoms with Gasteiger partial charge in [0, 0.05) is 22.7 Å². The molecule has 1 fully saturated rings. The molecule has 0 heterocycles. The van der Waals surface area contributed by atoms with E-state index in [1.807, 2.05) is 18.2 Å². The molecule has 2 atom stereocenters. The molecule has 2 rings (SSSR count). The van der Waals surface area contributed by atoms with Crippen LogP contribution in [0.2, 0.25) is 0 Å². The molecule has 82 valence electrons. The van der Waals surface area contributed by atoms with Crippen molar-refractivity contribution in [2.75, 3.05) is 5.73 Å². The Balaban J connectivity index is 1.91. The predicted octanol–water partition coefficient (Wildman–Crippen LogP) is 2.92. The van der Waals surface area contributed by atoms with E-state index < -0.39 is 0 Å². The van der Waals surface area contributed by atoms with E-state index in [0.29, 0.717) is 0 Å². The number of benzene rings is 1. The number of nitrogens with one attached hydrogen (secondary N) is 1. The molecule has 0 amide bonds. The Morgan fingerprint density at radius 2 is 2.33 bits per heavy atom. The fraction of sp³-hybridized carbons (Fsp3) is 0.500. The molecule has 0 bridgehead atoms. The quantitative estimate of drug-likeness (QED) is 0.825. The van der Waals surface area contributed by atoms with Crippen molar-refractivity contribution in [3.05, 3.63) is 28.2 Å². The second-order valence-corrected chi connectivity index (χ2v) is 5.10. The summed E-state index contributed by atoms with van der Waals surface area (Å²) in [5.41, 5.74) is 7.83. The normalized spacial score (nSPS) is 24.1. The van der Waals surface area contributed by atoms with Gasteiger partial charge in [-0.05, 0) is 36.1 Å². The van der Waals surface area contributed by atoms with E-state index in [9.17, 15) is 0 Å². The number of nitrogen functional groups attached to an aromatic ring is 1. The fourth-order valence-corrected chi connectivity index (χ4v) is 2.31. The molecule has 15 heavy (non-hydrogen) atoms. The molecule has 1 aromatic rings. The van der Waals surface area contributed by atoms with E-state index in [0.717, 1.165) is 28.7 Å². The standard InChI is InChI=1S/C12H17BrN2/c1-2-8-6-12(8)15-7-9-5-10(14)3-4-11(9)13/h3-5,8,12,15H,2,6-7,14H2,1H3. The maximum atomic E-state index is 5.75. The average molecular weight is 269 g/mol. The molecule has 2 nitrogen and oxygen atoms in total. The van der Waals surface area contributed by atoms with Crippen LogP contribution in [0.15, 0.2) is 22.7 Å². The van der Waals surface area contributed by atoms with Gasteiger partial charge in [0.15, 0.2) is 0 Å². The van der Waals surface area contributed by atoms with Crippen molar-refractivity contribution in [3.63, 3.8) is 0 Å². The topological polar surface area (TPSA) is 38.0 Å². The maximum absolute atomic E-state index is 5.75. The average Bonchev–Trinajstić information content (AvgIpc) is 2.98. The van der Waals surface area contributed by atoms with Crippen LogP contribution < -0.4 is 11.1 Å². The molecule has 1 saturated carbocycles. The van der Waals surface area contributed by atoms with Crippen molar-refractivity contribution in [1.29, 1.82) is 0 Å². The Hall–Kier alpha value is -0.540. The highest BCUT2D eigenvalue weighted by Gasteiger charge is 2.34. The predicted molar refractivity (Wildman–Crippen MR) is 67.6 cm³/mol. The highest BCUT2D eigenvalue weighted by molar-refractivity contribution is 9.10. The van der Waals surface area contributed by atoms with Crippen LogP contribution in [0.5, 0.6) is 0 Å². The number of anilines is 1. The largest absolute Gasteiger partial charge is 0.399 e. The second-order valence-electron chi connectivity index (χ2n) is 4.24. The van der Waals surface area contributed by atoms with Crippen LogP contribution in [0, 0.1) is 5.92 Å². The number of rotatable bonds is 4. The van der Waals surface area contributed by atoms with Gasteiger partial charge in [-0.1, -0.05) is 29.3 Å². The van der Waals surface area contributed by atoms with E-state index in [1.165, 1.54) is 18.4 Å². The Kier molecular flexibility index (Phi) is 3.32. The maximum Gasteiger partial charge on any atom is 0.0318 e. The van der Waals surface area contributed by atoms with Crippen LogP contribution >= 0.6 is 15.9 Å². The van der Waals surface area contributed by atoms with Crippen LogP contribution in [0.25, 0.3) is 0 Å². The highest BCUT2D eigenvalue weighted by atomic mass is 79.9. The molecule has 1 aliphatic rings. The Labute approximate surface area is 99.4 Å². The summed E-state index contributed by atoms with van der Waals surface area (Å²) >= 11 is 3.54. The van der Waals surface area contributed by atoms with Crippen LogP contribution in [0.4, 0.5) is 5.69 Å². The van der Waals surface area contributed by atoms with Crippen LogP contribution in [-0.4, -0.2) is 6.04 Å². The lowest BCUT2D eigenvalue weighted by atomic mass is 10.2. The minimum Gasteiger partial charge on any atom is -0.399 e. The van der Waals surface area contributed by atoms with Gasteiger partial charge in [0.25, 0.3) is 0 Å². The van der Waals surface area contributed by atoms with Gasteiger partial charge in [0.05, 0.1) is 0 Å². The third-order valence-corrected chi connectivity index (χ3v) is 3.85.